The first kappa shape index (κ1) is 18.5. The van der Waals surface area contributed by atoms with Gasteiger partial charge >= 0.3 is 0 Å². The molecule has 1 saturated heterocycles. The largest absolute Gasteiger partial charge is 0.376 e. The lowest BCUT2D eigenvalue weighted by Gasteiger charge is -2.13. The van der Waals surface area contributed by atoms with Gasteiger partial charge in [-0.3, -0.25) is 9.59 Å². The predicted molar refractivity (Wildman–Crippen MR) is 104 cm³/mol. The number of anilines is 1. The van der Waals surface area contributed by atoms with E-state index in [-0.39, 0.29) is 23.7 Å². The zero-order valence-electron chi connectivity index (χ0n) is 14.4. The minimum absolute atomic E-state index is 0.0861. The number of hydrogen-bond acceptors (Lipinski definition) is 4. The van der Waals surface area contributed by atoms with Gasteiger partial charge in [0.2, 0.25) is 5.91 Å². The summed E-state index contributed by atoms with van der Waals surface area (Å²) < 4.78 is 5.52. The molecule has 2 aromatic carbocycles. The van der Waals surface area contributed by atoms with Crippen molar-refractivity contribution < 1.29 is 14.3 Å². The molecule has 1 heterocycles. The quantitative estimate of drug-likeness (QED) is 0.734. The fourth-order valence-electron chi connectivity index (χ4n) is 2.75. The number of carbonyl (C=O) groups is 2. The summed E-state index contributed by atoms with van der Waals surface area (Å²) in [7, 11) is 0. The number of nitrogens with one attached hydrogen (secondary N) is 2. The molecule has 0 saturated carbocycles. The third-order valence-corrected chi connectivity index (χ3v) is 5.09. The molecule has 2 aromatic rings. The molecule has 1 atom stereocenters. The fraction of sp³-hybridized carbons (Fsp3) is 0.300. The highest BCUT2D eigenvalue weighted by Crippen LogP contribution is 2.19. The molecule has 0 aromatic heterocycles. The van der Waals surface area contributed by atoms with E-state index in [0.29, 0.717) is 17.8 Å². The van der Waals surface area contributed by atoms with E-state index in [1.807, 2.05) is 30.3 Å². The highest BCUT2D eigenvalue weighted by atomic mass is 32.2. The molecule has 1 fully saturated rings. The summed E-state index contributed by atoms with van der Waals surface area (Å²) in [6, 6.07) is 16.8. The number of carbonyl (C=O) groups excluding carboxylic acids is 2. The molecule has 136 valence electrons. The van der Waals surface area contributed by atoms with E-state index in [1.165, 1.54) is 11.8 Å². The van der Waals surface area contributed by atoms with E-state index in [9.17, 15) is 9.59 Å². The maximum Gasteiger partial charge on any atom is 0.253 e. The van der Waals surface area contributed by atoms with Crippen molar-refractivity contribution in [3.63, 3.8) is 0 Å². The van der Waals surface area contributed by atoms with Gasteiger partial charge in [-0.25, -0.2) is 0 Å². The summed E-state index contributed by atoms with van der Waals surface area (Å²) in [4.78, 5) is 25.7. The van der Waals surface area contributed by atoms with Gasteiger partial charge in [0.25, 0.3) is 5.91 Å². The first-order valence-electron chi connectivity index (χ1n) is 8.69. The molecule has 0 radical (unpaired) electrons. The lowest BCUT2D eigenvalue weighted by molar-refractivity contribution is -0.113. The van der Waals surface area contributed by atoms with Crippen molar-refractivity contribution in [1.82, 2.24) is 5.32 Å². The summed E-state index contributed by atoms with van der Waals surface area (Å²) in [5.74, 6) is -0.0547. The van der Waals surface area contributed by atoms with Crippen molar-refractivity contribution in [2.75, 3.05) is 24.2 Å². The van der Waals surface area contributed by atoms with E-state index in [1.54, 1.807) is 24.3 Å². The van der Waals surface area contributed by atoms with E-state index < -0.39 is 0 Å². The van der Waals surface area contributed by atoms with E-state index >= 15 is 0 Å². The van der Waals surface area contributed by atoms with Crippen LogP contribution < -0.4 is 10.6 Å². The van der Waals surface area contributed by atoms with Gasteiger partial charge < -0.3 is 15.4 Å². The summed E-state index contributed by atoms with van der Waals surface area (Å²) in [6.07, 6.45) is 2.09. The molecule has 1 aliphatic heterocycles. The zero-order valence-corrected chi connectivity index (χ0v) is 15.3. The molecule has 6 heteroatoms. The van der Waals surface area contributed by atoms with Crippen LogP contribution in [0.25, 0.3) is 0 Å². The van der Waals surface area contributed by atoms with Gasteiger partial charge in [-0.1, -0.05) is 30.3 Å². The molecule has 3 rings (SSSR count). The number of amides is 2. The van der Waals surface area contributed by atoms with Crippen LogP contribution in [0, 0.1) is 0 Å². The van der Waals surface area contributed by atoms with Crippen LogP contribution in [0.5, 0.6) is 0 Å². The number of hydrogen-bond donors (Lipinski definition) is 2. The minimum atomic E-state index is -0.202. The first-order chi connectivity index (χ1) is 12.7. The smallest absolute Gasteiger partial charge is 0.253 e. The Balaban J connectivity index is 1.55. The molecule has 0 spiro atoms. The Kier molecular flexibility index (Phi) is 6.68. The van der Waals surface area contributed by atoms with Crippen molar-refractivity contribution in [3.05, 3.63) is 60.2 Å². The van der Waals surface area contributed by atoms with Gasteiger partial charge in [0, 0.05) is 18.0 Å². The van der Waals surface area contributed by atoms with Gasteiger partial charge in [-0.15, -0.1) is 11.8 Å². The zero-order chi connectivity index (χ0) is 18.2. The molecule has 0 bridgehead atoms. The van der Waals surface area contributed by atoms with Crippen LogP contribution in [0.4, 0.5) is 5.69 Å². The second kappa shape index (κ2) is 9.40. The third kappa shape index (κ3) is 5.34. The number of para-hydroxylation sites is 1. The summed E-state index contributed by atoms with van der Waals surface area (Å²) in [5.41, 5.74) is 0.986. The lowest BCUT2D eigenvalue weighted by Crippen LogP contribution is -2.32. The number of ether oxygens (including phenoxy) is 1. The molecular weight excluding hydrogens is 348 g/mol. The van der Waals surface area contributed by atoms with Gasteiger partial charge in [0.1, 0.15) is 0 Å². The Hall–Kier alpha value is -2.31. The minimum Gasteiger partial charge on any atom is -0.376 e. The average molecular weight is 370 g/mol. The van der Waals surface area contributed by atoms with Gasteiger partial charge in [0.15, 0.2) is 0 Å². The van der Waals surface area contributed by atoms with Crippen LogP contribution in [0.1, 0.15) is 23.2 Å². The molecule has 0 unspecified atom stereocenters. The molecule has 5 nitrogen and oxygen atoms in total. The molecule has 26 heavy (non-hydrogen) atoms. The Morgan fingerprint density at radius 3 is 2.62 bits per heavy atom. The Morgan fingerprint density at radius 2 is 1.85 bits per heavy atom. The second-order valence-electron chi connectivity index (χ2n) is 6.04. The lowest BCUT2D eigenvalue weighted by atomic mass is 10.1. The summed E-state index contributed by atoms with van der Waals surface area (Å²) in [6.45, 7) is 1.25. The summed E-state index contributed by atoms with van der Waals surface area (Å²) in [5, 5.41) is 5.73. The Labute approximate surface area is 157 Å². The van der Waals surface area contributed by atoms with Crippen molar-refractivity contribution >= 4 is 29.3 Å². The fourth-order valence-corrected chi connectivity index (χ4v) is 3.47. The standard InChI is InChI=1S/C20H22N2O3S/c23-19(14-26-16-8-2-1-3-9-16)22-18-11-5-4-10-17(18)20(24)21-13-15-7-6-12-25-15/h1-5,8-11,15H,6-7,12-14H2,(H,21,24)(H,22,23)/t15-/m0/s1. The summed E-state index contributed by atoms with van der Waals surface area (Å²) >= 11 is 1.46. The van der Waals surface area contributed by atoms with Crippen LogP contribution in [0.2, 0.25) is 0 Å². The van der Waals surface area contributed by atoms with Crippen LogP contribution in [-0.2, 0) is 9.53 Å². The normalized spacial score (nSPS) is 16.2. The maximum absolute atomic E-state index is 12.5. The van der Waals surface area contributed by atoms with Crippen LogP contribution in [-0.4, -0.2) is 36.8 Å². The number of thioether (sulfide) groups is 1. The molecule has 2 N–H and O–H groups in total. The van der Waals surface area contributed by atoms with E-state index in [4.69, 9.17) is 4.74 Å². The molecular formula is C20H22N2O3S. The van der Waals surface area contributed by atoms with E-state index in [2.05, 4.69) is 10.6 Å². The Morgan fingerprint density at radius 1 is 1.08 bits per heavy atom. The monoisotopic (exact) mass is 370 g/mol. The highest BCUT2D eigenvalue weighted by Gasteiger charge is 2.18. The SMILES string of the molecule is O=C(CSc1ccccc1)Nc1ccccc1C(=O)NC[C@@H]1CCCO1. The van der Waals surface area contributed by atoms with Crippen molar-refractivity contribution in [1.29, 1.82) is 0 Å². The number of rotatable bonds is 7. The molecule has 2 amide bonds. The van der Waals surface area contributed by atoms with E-state index in [0.717, 1.165) is 24.3 Å². The van der Waals surface area contributed by atoms with Crippen molar-refractivity contribution in [3.8, 4) is 0 Å². The third-order valence-electron chi connectivity index (χ3n) is 4.07. The number of benzene rings is 2. The van der Waals surface area contributed by atoms with Crippen LogP contribution in [0.3, 0.4) is 0 Å². The van der Waals surface area contributed by atoms with Crippen LogP contribution in [0.15, 0.2) is 59.5 Å². The maximum atomic E-state index is 12.5. The predicted octanol–water partition coefficient (Wildman–Crippen LogP) is 3.33. The van der Waals surface area contributed by atoms with Crippen LogP contribution >= 0.6 is 11.8 Å². The van der Waals surface area contributed by atoms with Gasteiger partial charge in [-0.2, -0.15) is 0 Å². The Bertz CT molecular complexity index is 746. The van der Waals surface area contributed by atoms with Gasteiger partial charge in [0.05, 0.1) is 23.1 Å². The highest BCUT2D eigenvalue weighted by molar-refractivity contribution is 8.00. The second-order valence-corrected chi connectivity index (χ2v) is 7.09. The topological polar surface area (TPSA) is 67.4 Å². The van der Waals surface area contributed by atoms with Crippen molar-refractivity contribution in [2.24, 2.45) is 0 Å². The molecule has 1 aliphatic rings. The van der Waals surface area contributed by atoms with Crippen molar-refractivity contribution in [2.45, 2.75) is 23.8 Å². The first-order valence-corrected chi connectivity index (χ1v) is 9.67. The average Bonchev–Trinajstić information content (AvgIpc) is 3.19. The molecule has 0 aliphatic carbocycles. The van der Waals surface area contributed by atoms with Gasteiger partial charge in [-0.05, 0) is 37.1 Å².